The Morgan fingerprint density at radius 3 is 2.63 bits per heavy atom. The highest BCUT2D eigenvalue weighted by atomic mass is 35.5. The van der Waals surface area contributed by atoms with Gasteiger partial charge in [-0.15, -0.1) is 11.3 Å². The molecule has 27 heavy (non-hydrogen) atoms. The van der Waals surface area contributed by atoms with E-state index < -0.39 is 0 Å². The topological polar surface area (TPSA) is 57.9 Å². The summed E-state index contributed by atoms with van der Waals surface area (Å²) in [6.45, 7) is 8.56. The summed E-state index contributed by atoms with van der Waals surface area (Å²) in [5, 5.41) is 0.493. The van der Waals surface area contributed by atoms with Crippen molar-refractivity contribution < 1.29 is 9.59 Å². The Hall–Kier alpha value is -1.96. The van der Waals surface area contributed by atoms with E-state index in [1.807, 2.05) is 18.0 Å². The van der Waals surface area contributed by atoms with Crippen LogP contribution in [0.25, 0.3) is 0 Å². The molecule has 1 fully saturated rings. The number of carbonyl (C=O) groups excluding carboxylic acids is 2. The average Bonchev–Trinajstić information content (AvgIpc) is 3.00. The summed E-state index contributed by atoms with van der Waals surface area (Å²) in [4.78, 5) is 35.1. The lowest BCUT2D eigenvalue weighted by Gasteiger charge is -2.34. The van der Waals surface area contributed by atoms with Crippen molar-refractivity contribution >= 4 is 34.8 Å². The molecule has 2 amide bonds. The van der Waals surface area contributed by atoms with Crippen molar-refractivity contribution in [3.05, 3.63) is 50.7 Å². The first kappa shape index (κ1) is 19.8. The Morgan fingerprint density at radius 1 is 1.22 bits per heavy atom. The Labute approximate surface area is 167 Å². The highest BCUT2D eigenvalue weighted by Crippen LogP contribution is 2.12. The molecule has 0 N–H and O–H groups in total. The third kappa shape index (κ3) is 5.06. The predicted molar refractivity (Wildman–Crippen MR) is 107 cm³/mol. The van der Waals surface area contributed by atoms with Gasteiger partial charge in [0.2, 0.25) is 5.91 Å². The van der Waals surface area contributed by atoms with Crippen LogP contribution in [0.4, 0.5) is 0 Å². The van der Waals surface area contributed by atoms with Crippen molar-refractivity contribution in [2.45, 2.75) is 20.4 Å². The second-order valence-corrected chi connectivity index (χ2v) is 8.14. The molecular weight excluding hydrogens is 384 g/mol. The molecule has 1 aromatic heterocycles. The van der Waals surface area contributed by atoms with E-state index in [4.69, 9.17) is 11.6 Å². The highest BCUT2D eigenvalue weighted by molar-refractivity contribution is 7.09. The Morgan fingerprint density at radius 2 is 1.96 bits per heavy atom. The van der Waals surface area contributed by atoms with E-state index in [1.54, 1.807) is 28.8 Å². The Balaban J connectivity index is 1.76. The molecule has 144 valence electrons. The van der Waals surface area contributed by atoms with Crippen molar-refractivity contribution in [1.29, 1.82) is 0 Å². The molecular formula is C19H23ClN4O2S. The molecule has 0 unspecified atom stereocenters. The van der Waals surface area contributed by atoms with E-state index in [1.165, 1.54) is 11.3 Å². The molecule has 0 aliphatic carbocycles. The molecule has 0 spiro atoms. The number of thiazole rings is 1. The zero-order valence-corrected chi connectivity index (χ0v) is 17.1. The standard InChI is InChI=1S/C19H23ClN4O2S/c1-3-22-7-9-23(10-8-22)17(25)13-24-12-14(2)27-19(24)21-18(26)15-5-4-6-16(20)11-15/h4-6,11-12H,3,7-10,13H2,1-2H3. The molecule has 2 heterocycles. The van der Waals surface area contributed by atoms with Crippen LogP contribution in [-0.2, 0) is 11.3 Å². The van der Waals surface area contributed by atoms with Crippen LogP contribution < -0.4 is 4.80 Å². The molecule has 0 bridgehead atoms. The third-order valence-corrected chi connectivity index (χ3v) is 5.75. The molecule has 0 saturated carbocycles. The smallest absolute Gasteiger partial charge is 0.279 e. The maximum Gasteiger partial charge on any atom is 0.279 e. The van der Waals surface area contributed by atoms with Crippen LogP contribution in [0.15, 0.2) is 35.5 Å². The lowest BCUT2D eigenvalue weighted by atomic mass is 10.2. The fourth-order valence-electron chi connectivity index (χ4n) is 3.04. The van der Waals surface area contributed by atoms with Crippen molar-refractivity contribution in [2.24, 2.45) is 4.99 Å². The number of halogens is 1. The maximum absolute atomic E-state index is 12.7. The molecule has 3 rings (SSSR count). The number of carbonyl (C=O) groups is 2. The van der Waals surface area contributed by atoms with E-state index in [0.717, 1.165) is 37.6 Å². The largest absolute Gasteiger partial charge is 0.339 e. The van der Waals surface area contributed by atoms with Crippen LogP contribution in [0.1, 0.15) is 22.2 Å². The van der Waals surface area contributed by atoms with Crippen molar-refractivity contribution in [3.8, 4) is 0 Å². The van der Waals surface area contributed by atoms with Gasteiger partial charge >= 0.3 is 0 Å². The van der Waals surface area contributed by atoms with Gasteiger partial charge in [-0.1, -0.05) is 24.6 Å². The highest BCUT2D eigenvalue weighted by Gasteiger charge is 2.20. The van der Waals surface area contributed by atoms with Gasteiger partial charge < -0.3 is 14.4 Å². The number of hydrogen-bond donors (Lipinski definition) is 0. The number of rotatable bonds is 4. The first-order valence-corrected chi connectivity index (χ1v) is 10.2. The van der Waals surface area contributed by atoms with Gasteiger partial charge in [-0.05, 0) is 31.7 Å². The average molecular weight is 407 g/mol. The SMILES string of the molecule is CCN1CCN(C(=O)Cn2cc(C)sc2=NC(=O)c2cccc(Cl)c2)CC1. The van der Waals surface area contributed by atoms with Crippen LogP contribution in [0.2, 0.25) is 5.02 Å². The van der Waals surface area contributed by atoms with Gasteiger partial charge in [-0.2, -0.15) is 4.99 Å². The number of piperazine rings is 1. The summed E-state index contributed by atoms with van der Waals surface area (Å²) in [6.07, 6.45) is 1.87. The van der Waals surface area contributed by atoms with Crippen LogP contribution in [0.5, 0.6) is 0 Å². The number of benzene rings is 1. The van der Waals surface area contributed by atoms with Gasteiger partial charge in [0, 0.05) is 47.8 Å². The van der Waals surface area contributed by atoms with Gasteiger partial charge in [0.25, 0.3) is 5.91 Å². The van der Waals surface area contributed by atoms with Crippen LogP contribution in [0, 0.1) is 6.92 Å². The minimum absolute atomic E-state index is 0.0557. The number of nitrogens with zero attached hydrogens (tertiary/aromatic N) is 4. The molecule has 0 atom stereocenters. The van der Waals surface area contributed by atoms with Crippen molar-refractivity contribution in [2.75, 3.05) is 32.7 Å². The molecule has 0 radical (unpaired) electrons. The van der Waals surface area contributed by atoms with E-state index >= 15 is 0 Å². The Kier molecular flexibility index (Phi) is 6.46. The number of aromatic nitrogens is 1. The van der Waals surface area contributed by atoms with Gasteiger partial charge in [0.1, 0.15) is 6.54 Å². The normalized spacial score (nSPS) is 16.0. The Bertz CT molecular complexity index is 897. The number of likely N-dealkylation sites (N-methyl/N-ethyl adjacent to an activating group) is 1. The second-order valence-electron chi connectivity index (χ2n) is 6.49. The molecule has 1 aliphatic rings. The van der Waals surface area contributed by atoms with Crippen LogP contribution in [-0.4, -0.2) is 58.9 Å². The third-order valence-electron chi connectivity index (χ3n) is 4.58. The van der Waals surface area contributed by atoms with Gasteiger partial charge in [-0.3, -0.25) is 9.59 Å². The summed E-state index contributed by atoms with van der Waals surface area (Å²) < 4.78 is 1.76. The summed E-state index contributed by atoms with van der Waals surface area (Å²) >= 11 is 7.35. The lowest BCUT2D eigenvalue weighted by Crippen LogP contribution is -2.49. The van der Waals surface area contributed by atoms with E-state index in [0.29, 0.717) is 15.4 Å². The minimum Gasteiger partial charge on any atom is -0.339 e. The summed E-state index contributed by atoms with van der Waals surface area (Å²) in [7, 11) is 0. The number of amides is 2. The van der Waals surface area contributed by atoms with E-state index in [9.17, 15) is 9.59 Å². The van der Waals surface area contributed by atoms with E-state index in [-0.39, 0.29) is 18.4 Å². The molecule has 1 aromatic carbocycles. The zero-order valence-electron chi connectivity index (χ0n) is 15.5. The van der Waals surface area contributed by atoms with Gasteiger partial charge in [-0.25, -0.2) is 0 Å². The second kappa shape index (κ2) is 8.82. The summed E-state index contributed by atoms with van der Waals surface area (Å²) in [5.74, 6) is -0.308. The summed E-state index contributed by atoms with van der Waals surface area (Å²) in [6, 6.07) is 6.71. The van der Waals surface area contributed by atoms with E-state index in [2.05, 4.69) is 16.8 Å². The number of hydrogen-bond acceptors (Lipinski definition) is 4. The van der Waals surface area contributed by atoms with Crippen molar-refractivity contribution in [3.63, 3.8) is 0 Å². The summed E-state index contributed by atoms with van der Waals surface area (Å²) in [5.41, 5.74) is 0.433. The monoisotopic (exact) mass is 406 g/mol. The molecule has 6 nitrogen and oxygen atoms in total. The van der Waals surface area contributed by atoms with Crippen LogP contribution in [0.3, 0.4) is 0 Å². The quantitative estimate of drug-likeness (QED) is 0.783. The fraction of sp³-hybridized carbons (Fsp3) is 0.421. The minimum atomic E-state index is -0.364. The molecule has 1 aliphatic heterocycles. The molecule has 1 saturated heterocycles. The van der Waals surface area contributed by atoms with Gasteiger partial charge in [0.05, 0.1) is 0 Å². The molecule has 8 heteroatoms. The van der Waals surface area contributed by atoms with Crippen LogP contribution >= 0.6 is 22.9 Å². The lowest BCUT2D eigenvalue weighted by molar-refractivity contribution is -0.133. The molecule has 2 aromatic rings. The maximum atomic E-state index is 12.7. The predicted octanol–water partition coefficient (Wildman–Crippen LogP) is 2.42. The fourth-order valence-corrected chi connectivity index (χ4v) is 4.06. The number of aryl methyl sites for hydroxylation is 1. The zero-order chi connectivity index (χ0) is 19.4. The first-order valence-electron chi connectivity index (χ1n) is 8.98. The van der Waals surface area contributed by atoms with Gasteiger partial charge in [0.15, 0.2) is 4.80 Å². The first-order chi connectivity index (χ1) is 13.0. The van der Waals surface area contributed by atoms with Crippen molar-refractivity contribution in [1.82, 2.24) is 14.4 Å².